The minimum Gasteiger partial charge on any atom is -0.465 e. The minimum absolute atomic E-state index is 0.0340. The van der Waals surface area contributed by atoms with E-state index in [1.54, 1.807) is 47.4 Å². The third-order valence-corrected chi connectivity index (χ3v) is 16.0. The molecule has 1 saturated carbocycles. The van der Waals surface area contributed by atoms with Gasteiger partial charge in [0.05, 0.1) is 34.9 Å². The predicted octanol–water partition coefficient (Wildman–Crippen LogP) is 8.26. The molecular formula is C46H51FN5O7PS. The van der Waals surface area contributed by atoms with Crippen LogP contribution in [0.2, 0.25) is 0 Å². The summed E-state index contributed by atoms with van der Waals surface area (Å²) in [7, 11) is -4.44. The topological polar surface area (TPSA) is 158 Å². The summed E-state index contributed by atoms with van der Waals surface area (Å²) in [5.41, 5.74) is 0.598. The lowest BCUT2D eigenvalue weighted by Crippen LogP contribution is -2.54. The van der Waals surface area contributed by atoms with E-state index in [4.69, 9.17) is 9.26 Å². The van der Waals surface area contributed by atoms with E-state index >= 15 is 4.39 Å². The third kappa shape index (κ3) is 8.45. The van der Waals surface area contributed by atoms with Gasteiger partial charge in [0.1, 0.15) is 17.8 Å². The molecule has 3 saturated heterocycles. The molecule has 2 N–H and O–H groups in total. The maximum absolute atomic E-state index is 16.5. The van der Waals surface area contributed by atoms with E-state index in [-0.39, 0.29) is 60.1 Å². The fourth-order valence-electron chi connectivity index (χ4n) is 9.55. The molecule has 1 aromatic heterocycles. The Bertz CT molecular complexity index is 2370. The maximum atomic E-state index is 16.5. The predicted molar refractivity (Wildman–Crippen MR) is 229 cm³/mol. The van der Waals surface area contributed by atoms with Gasteiger partial charge in [0.25, 0.3) is 5.91 Å². The van der Waals surface area contributed by atoms with Crippen LogP contribution >= 0.6 is 18.9 Å². The highest BCUT2D eigenvalue weighted by atomic mass is 32.1. The van der Waals surface area contributed by atoms with Gasteiger partial charge in [-0.2, -0.15) is 5.26 Å². The summed E-state index contributed by atoms with van der Waals surface area (Å²) in [5, 5.41) is 16.4. The highest BCUT2D eigenvalue weighted by Gasteiger charge is 2.64. The second-order valence-electron chi connectivity index (χ2n) is 16.8. The SMILES string of the molecule is CCCOC(=O)[C@H](C)NP(=O)(Oc1ccccc1)[C@H](F)c1ccc2sc(C(=O)NCC3CCC[C@H]4CC[C@@H](C(=O)N5C[C@@H](c6ccccc6)[C@H](C#N)C56CC6)N4C3=O)cc2c1. The average molecular weight is 868 g/mol. The van der Waals surface area contributed by atoms with Crippen LogP contribution in [0.15, 0.2) is 84.9 Å². The van der Waals surface area contributed by atoms with E-state index in [2.05, 4.69) is 16.5 Å². The van der Waals surface area contributed by atoms with Crippen molar-refractivity contribution in [2.75, 3.05) is 19.7 Å². The molecule has 2 unspecified atom stereocenters. The van der Waals surface area contributed by atoms with Gasteiger partial charge in [0.15, 0.2) is 0 Å². The molecular weight excluding hydrogens is 817 g/mol. The summed E-state index contributed by atoms with van der Waals surface area (Å²) >= 11 is 1.21. The van der Waals surface area contributed by atoms with Crippen LogP contribution in [0.3, 0.4) is 0 Å². The van der Waals surface area contributed by atoms with Crippen LogP contribution in [-0.2, 0) is 23.7 Å². The molecule has 15 heteroatoms. The molecule has 8 atom stereocenters. The van der Waals surface area contributed by atoms with Crippen LogP contribution < -0.4 is 14.9 Å². The minimum atomic E-state index is -4.44. The summed E-state index contributed by atoms with van der Waals surface area (Å²) in [5.74, 6) is -4.19. The molecule has 4 aromatic rings. The maximum Gasteiger partial charge on any atom is 0.355 e. The number of halogens is 1. The Morgan fingerprint density at radius 1 is 1.02 bits per heavy atom. The van der Waals surface area contributed by atoms with Gasteiger partial charge >= 0.3 is 13.5 Å². The standard InChI is InChI=1S/C46H51FN5O7PS/c1-3-23-58-45(56)29(2)50-60(57,59-35-15-8-5-9-16-35)41(47)31-17-20-39-33(24-31)25-40(61-39)42(53)49-27-32-13-10-14-34-18-19-38(52(34)43(32)54)44(55)51-28-36(30-11-6-4-7-12-30)37(26-48)46(51)21-22-46/h4-9,11-12,15-17,20,24-25,29,32,34,36-38,41H,3,10,13-14,18-19,21-23,27-28H2,1-2H3,(H,49,53)(H,50,57)/t29-,32?,34-,36-,37-,38-,41-,60?/m0/s1. The largest absolute Gasteiger partial charge is 0.465 e. The van der Waals surface area contributed by atoms with Gasteiger partial charge in [0, 0.05) is 29.7 Å². The Kier molecular flexibility index (Phi) is 12.4. The number of fused-ring (bicyclic) bond motifs is 2. The number of ether oxygens (including phenoxy) is 1. The van der Waals surface area contributed by atoms with Crippen LogP contribution in [0.25, 0.3) is 10.1 Å². The summed E-state index contributed by atoms with van der Waals surface area (Å²) < 4.78 is 42.4. The Balaban J connectivity index is 0.945. The van der Waals surface area contributed by atoms with Gasteiger partial charge in [-0.15, -0.1) is 11.3 Å². The number of rotatable bonds is 14. The van der Waals surface area contributed by atoms with Crippen molar-refractivity contribution in [3.8, 4) is 11.8 Å². The molecule has 61 heavy (non-hydrogen) atoms. The van der Waals surface area contributed by atoms with Gasteiger partial charge in [-0.25, -0.2) is 9.48 Å². The molecule has 4 aliphatic rings. The number of likely N-dealkylation sites (tertiary alicyclic amines) is 1. The van der Waals surface area contributed by atoms with Crippen molar-refractivity contribution >= 4 is 52.6 Å². The molecule has 0 bridgehead atoms. The van der Waals surface area contributed by atoms with Gasteiger partial charge in [0.2, 0.25) is 17.7 Å². The zero-order valence-corrected chi connectivity index (χ0v) is 36.0. The summed E-state index contributed by atoms with van der Waals surface area (Å²) in [6, 6.07) is 25.1. The molecule has 1 aliphatic carbocycles. The number of hydrogen-bond donors (Lipinski definition) is 2. The molecule has 0 radical (unpaired) electrons. The van der Waals surface area contributed by atoms with E-state index in [1.807, 2.05) is 42.2 Å². The number of nitrogens with one attached hydrogen (secondary N) is 2. The lowest BCUT2D eigenvalue weighted by molar-refractivity contribution is -0.148. The smallest absolute Gasteiger partial charge is 0.355 e. The number of nitriles is 1. The van der Waals surface area contributed by atoms with E-state index in [1.165, 1.54) is 30.4 Å². The first-order valence-electron chi connectivity index (χ1n) is 21.3. The number of esters is 1. The normalized spacial score (nSPS) is 24.9. The fourth-order valence-corrected chi connectivity index (χ4v) is 12.4. The molecule has 3 amide bonds. The van der Waals surface area contributed by atoms with Crippen molar-refractivity contribution in [2.24, 2.45) is 11.8 Å². The quantitative estimate of drug-likeness (QED) is 0.0941. The van der Waals surface area contributed by atoms with Crippen LogP contribution in [0.1, 0.15) is 97.8 Å². The molecule has 3 aliphatic heterocycles. The molecule has 3 aromatic carbocycles. The number of hydrogen-bond acceptors (Lipinski definition) is 9. The zero-order chi connectivity index (χ0) is 42.9. The lowest BCUT2D eigenvalue weighted by atomic mass is 9.85. The Morgan fingerprint density at radius 2 is 1.75 bits per heavy atom. The molecule has 8 rings (SSSR count). The highest BCUT2D eigenvalue weighted by Crippen LogP contribution is 2.59. The number of carbonyl (C=O) groups is 4. The Morgan fingerprint density at radius 3 is 2.46 bits per heavy atom. The second-order valence-corrected chi connectivity index (χ2v) is 19.9. The van der Waals surface area contributed by atoms with Crippen LogP contribution in [0.5, 0.6) is 5.75 Å². The van der Waals surface area contributed by atoms with Crippen LogP contribution in [0.4, 0.5) is 4.39 Å². The molecule has 4 heterocycles. The first-order valence-corrected chi connectivity index (χ1v) is 23.8. The number of nitrogens with zero attached hydrogens (tertiary/aromatic N) is 3. The number of benzene rings is 3. The van der Waals surface area contributed by atoms with E-state index in [0.29, 0.717) is 40.8 Å². The van der Waals surface area contributed by atoms with Gasteiger partial charge in [-0.3, -0.25) is 23.7 Å². The summed E-state index contributed by atoms with van der Waals surface area (Å²) in [6.07, 6.45) is 5.62. The second kappa shape index (κ2) is 17.7. The molecule has 320 valence electrons. The van der Waals surface area contributed by atoms with E-state index in [0.717, 1.165) is 37.7 Å². The van der Waals surface area contributed by atoms with Crippen LogP contribution in [-0.4, -0.2) is 76.9 Å². The Hall–Kier alpha value is -5.09. The van der Waals surface area contributed by atoms with E-state index < -0.39 is 42.9 Å². The van der Waals surface area contributed by atoms with Crippen molar-refractivity contribution < 1.29 is 37.4 Å². The third-order valence-electron chi connectivity index (χ3n) is 12.8. The number of para-hydroxylation sites is 1. The van der Waals surface area contributed by atoms with Crippen molar-refractivity contribution in [1.82, 2.24) is 20.2 Å². The first kappa shape index (κ1) is 42.6. The van der Waals surface area contributed by atoms with Crippen LogP contribution in [0, 0.1) is 23.2 Å². The summed E-state index contributed by atoms with van der Waals surface area (Å²) in [6.45, 7) is 4.00. The fraction of sp³-hybridized carbons (Fsp3) is 0.457. The molecule has 12 nitrogen and oxygen atoms in total. The van der Waals surface area contributed by atoms with E-state index in [9.17, 15) is 29.0 Å². The Labute approximate surface area is 359 Å². The van der Waals surface area contributed by atoms with Gasteiger partial charge in [-0.05, 0) is 98.7 Å². The number of carbonyl (C=O) groups excluding carboxylic acids is 4. The monoisotopic (exact) mass is 867 g/mol. The summed E-state index contributed by atoms with van der Waals surface area (Å²) in [4.78, 5) is 59.1. The van der Waals surface area contributed by atoms with Crippen molar-refractivity contribution in [1.29, 1.82) is 5.26 Å². The lowest BCUT2D eigenvalue weighted by Gasteiger charge is -2.35. The zero-order valence-electron chi connectivity index (χ0n) is 34.3. The van der Waals surface area contributed by atoms with Crippen molar-refractivity contribution in [3.63, 3.8) is 0 Å². The molecule has 4 fully saturated rings. The van der Waals surface area contributed by atoms with Gasteiger partial charge < -0.3 is 24.4 Å². The number of thiophene rings is 1. The van der Waals surface area contributed by atoms with Crippen molar-refractivity contribution in [2.45, 2.75) is 101 Å². The highest BCUT2D eigenvalue weighted by molar-refractivity contribution is 7.57. The molecule has 1 spiro atoms. The average Bonchev–Trinajstić information content (AvgIpc) is 3.64. The number of alkyl halides is 1. The number of amides is 3. The van der Waals surface area contributed by atoms with Crippen molar-refractivity contribution in [3.05, 3.63) is 101 Å². The first-order chi connectivity index (χ1) is 29.5. The van der Waals surface area contributed by atoms with Gasteiger partial charge in [-0.1, -0.05) is 67.9 Å².